The van der Waals surface area contributed by atoms with Crippen molar-refractivity contribution in [3.05, 3.63) is 97.1 Å². The van der Waals surface area contributed by atoms with Crippen LogP contribution in [0.2, 0.25) is 5.02 Å². The number of halogens is 3. The summed E-state index contributed by atoms with van der Waals surface area (Å²) in [6.07, 6.45) is 1.36. The highest BCUT2D eigenvalue weighted by molar-refractivity contribution is 7.07. The molecule has 186 valence electrons. The number of carbonyl (C=O) groups is 1. The molecule has 0 aliphatic carbocycles. The minimum atomic E-state index is -0.854. The Bertz CT molecular complexity index is 1670. The number of rotatable bonds is 5. The van der Waals surface area contributed by atoms with Gasteiger partial charge in [-0.1, -0.05) is 17.7 Å². The van der Waals surface area contributed by atoms with Gasteiger partial charge in [-0.3, -0.25) is 14.9 Å². The second kappa shape index (κ2) is 9.91. The summed E-state index contributed by atoms with van der Waals surface area (Å²) in [5.41, 5.74) is 1.60. The zero-order chi connectivity index (χ0) is 26.1. The van der Waals surface area contributed by atoms with Crippen LogP contribution in [0.4, 0.5) is 25.8 Å². The Kier molecular flexibility index (Phi) is 6.51. The van der Waals surface area contributed by atoms with Gasteiger partial charge >= 0.3 is 0 Å². The van der Waals surface area contributed by atoms with Crippen molar-refractivity contribution >= 4 is 52.1 Å². The molecular formula is C24H14ClF2N5O4S. The van der Waals surface area contributed by atoms with Gasteiger partial charge in [0, 0.05) is 28.6 Å². The highest BCUT2D eigenvalue weighted by Gasteiger charge is 2.18. The Balaban J connectivity index is 1.64. The monoisotopic (exact) mass is 541 g/mol. The van der Waals surface area contributed by atoms with E-state index in [-0.39, 0.29) is 33.7 Å². The zero-order valence-electron chi connectivity index (χ0n) is 18.5. The van der Waals surface area contributed by atoms with Gasteiger partial charge in [-0.05, 0) is 36.4 Å². The Morgan fingerprint density at radius 3 is 2.78 bits per heavy atom. The largest absolute Gasteiger partial charge is 0.482 e. The molecular weight excluding hydrogens is 528 g/mol. The number of thiazole rings is 1. The summed E-state index contributed by atoms with van der Waals surface area (Å²) in [6.45, 7) is -0.0887. The number of ether oxygens (including phenoxy) is 1. The summed E-state index contributed by atoms with van der Waals surface area (Å²) in [4.78, 5) is 27.0. The van der Waals surface area contributed by atoms with E-state index in [0.29, 0.717) is 28.3 Å². The molecule has 9 nitrogen and oxygen atoms in total. The lowest BCUT2D eigenvalue weighted by molar-refractivity contribution is -0.384. The molecule has 0 fully saturated rings. The summed E-state index contributed by atoms with van der Waals surface area (Å²) in [5, 5.41) is 20.1. The van der Waals surface area contributed by atoms with Crippen molar-refractivity contribution in [2.45, 2.75) is 0 Å². The lowest BCUT2D eigenvalue weighted by atomic mass is 10.1. The molecule has 1 aromatic heterocycles. The number of nitro benzene ring substituents is 1. The van der Waals surface area contributed by atoms with Crippen molar-refractivity contribution in [1.29, 1.82) is 0 Å². The molecule has 1 amide bonds. The number of nitrogens with zero attached hydrogens (tertiary/aromatic N) is 4. The molecule has 0 saturated heterocycles. The molecule has 5 rings (SSSR count). The van der Waals surface area contributed by atoms with E-state index >= 15 is 0 Å². The molecule has 0 atom stereocenters. The summed E-state index contributed by atoms with van der Waals surface area (Å²) in [5.74, 6) is -1.39. The van der Waals surface area contributed by atoms with Crippen LogP contribution < -0.4 is 14.9 Å². The molecule has 4 aromatic rings. The Morgan fingerprint density at radius 1 is 1.16 bits per heavy atom. The Hall–Kier alpha value is -4.42. The van der Waals surface area contributed by atoms with E-state index in [1.807, 2.05) is 0 Å². The predicted octanol–water partition coefficient (Wildman–Crippen LogP) is 5.50. The predicted molar refractivity (Wildman–Crippen MR) is 135 cm³/mol. The fourth-order valence-electron chi connectivity index (χ4n) is 3.48. The second-order valence-corrected chi connectivity index (χ2v) is 8.93. The normalized spacial score (nSPS) is 13.4. The fourth-order valence-corrected chi connectivity index (χ4v) is 4.51. The van der Waals surface area contributed by atoms with Gasteiger partial charge in [-0.2, -0.15) is 5.10 Å². The quantitative estimate of drug-likeness (QED) is 0.204. The van der Waals surface area contributed by atoms with Crippen LogP contribution in [0.1, 0.15) is 5.56 Å². The minimum Gasteiger partial charge on any atom is -0.482 e. The zero-order valence-corrected chi connectivity index (χ0v) is 20.1. The number of hydrogen-bond acceptors (Lipinski definition) is 7. The van der Waals surface area contributed by atoms with E-state index in [1.165, 1.54) is 29.1 Å². The van der Waals surface area contributed by atoms with Crippen LogP contribution in [0.5, 0.6) is 5.75 Å². The molecule has 0 saturated carbocycles. The average molecular weight is 542 g/mol. The van der Waals surface area contributed by atoms with Crippen LogP contribution >= 0.6 is 22.9 Å². The van der Waals surface area contributed by atoms with E-state index in [9.17, 15) is 23.7 Å². The molecule has 0 unspecified atom stereocenters. The van der Waals surface area contributed by atoms with Crippen LogP contribution in [0.3, 0.4) is 0 Å². The number of amides is 1. The third-order valence-electron chi connectivity index (χ3n) is 5.21. The number of fused-ring (bicyclic) bond motifs is 1. The average Bonchev–Trinajstić information content (AvgIpc) is 3.26. The van der Waals surface area contributed by atoms with Crippen LogP contribution in [0.15, 0.2) is 70.1 Å². The van der Waals surface area contributed by atoms with Gasteiger partial charge in [-0.15, -0.1) is 11.3 Å². The summed E-state index contributed by atoms with van der Waals surface area (Å²) in [6, 6.07) is 12.3. The van der Waals surface area contributed by atoms with Gasteiger partial charge in [0.2, 0.25) is 4.80 Å². The number of carbonyl (C=O) groups excluding carboxylic acids is 1. The third-order valence-corrected chi connectivity index (χ3v) is 6.34. The van der Waals surface area contributed by atoms with E-state index in [1.54, 1.807) is 29.6 Å². The first kappa shape index (κ1) is 24.3. The maximum absolute atomic E-state index is 14.3. The van der Waals surface area contributed by atoms with Gasteiger partial charge in [0.1, 0.15) is 22.3 Å². The molecule has 13 heteroatoms. The highest BCUT2D eigenvalue weighted by Crippen LogP contribution is 2.33. The number of aromatic nitrogens is 1. The Morgan fingerprint density at radius 2 is 2.00 bits per heavy atom. The molecule has 1 aliphatic heterocycles. The highest BCUT2D eigenvalue weighted by atomic mass is 35.5. The van der Waals surface area contributed by atoms with E-state index < -0.39 is 16.6 Å². The number of nitrogens with one attached hydrogen (secondary N) is 1. The molecule has 0 spiro atoms. The summed E-state index contributed by atoms with van der Waals surface area (Å²) < 4.78 is 34.5. The van der Waals surface area contributed by atoms with Crippen LogP contribution in [0.25, 0.3) is 11.3 Å². The van der Waals surface area contributed by atoms with Gasteiger partial charge in [-0.25, -0.2) is 18.4 Å². The third kappa shape index (κ3) is 5.10. The number of benzene rings is 3. The number of anilines is 1. The Labute approximate surface area is 216 Å². The molecule has 37 heavy (non-hydrogen) atoms. The van der Waals surface area contributed by atoms with Gasteiger partial charge < -0.3 is 10.1 Å². The summed E-state index contributed by atoms with van der Waals surface area (Å²) >= 11 is 7.04. The molecule has 3 aromatic carbocycles. The molecule has 0 bridgehead atoms. The van der Waals surface area contributed by atoms with Crippen molar-refractivity contribution < 1.29 is 23.2 Å². The van der Waals surface area contributed by atoms with Crippen LogP contribution in [-0.2, 0) is 4.79 Å². The minimum absolute atomic E-state index is 0.0215. The first-order valence-electron chi connectivity index (χ1n) is 10.5. The molecule has 0 radical (unpaired) electrons. The lowest BCUT2D eigenvalue weighted by Crippen LogP contribution is -2.25. The van der Waals surface area contributed by atoms with Gasteiger partial charge in [0.15, 0.2) is 12.4 Å². The summed E-state index contributed by atoms with van der Waals surface area (Å²) in [7, 11) is 0. The van der Waals surface area contributed by atoms with Gasteiger partial charge in [0.25, 0.3) is 11.6 Å². The van der Waals surface area contributed by atoms with E-state index in [2.05, 4.69) is 15.4 Å². The van der Waals surface area contributed by atoms with Crippen molar-refractivity contribution in [2.75, 3.05) is 11.9 Å². The topological polar surface area (TPSA) is 111 Å². The van der Waals surface area contributed by atoms with Crippen molar-refractivity contribution in [2.24, 2.45) is 10.1 Å². The van der Waals surface area contributed by atoms with Crippen molar-refractivity contribution in [3.63, 3.8) is 0 Å². The first-order valence-corrected chi connectivity index (χ1v) is 11.8. The standard InChI is InChI=1S/C24H14ClF2N5O4S/c25-16-4-1-13(7-20(16)32(34)35)10-28-31-21(14-2-6-22-19(8-14)29-23(33)11-36-22)12-37-24(31)30-18-5-3-15(26)9-17(18)27/h1-10,12H,11H2,(H,29,33). The van der Waals surface area contributed by atoms with Crippen LogP contribution in [-0.4, -0.2) is 28.3 Å². The van der Waals surface area contributed by atoms with Crippen molar-refractivity contribution in [1.82, 2.24) is 4.68 Å². The van der Waals surface area contributed by atoms with E-state index in [0.717, 1.165) is 23.5 Å². The smallest absolute Gasteiger partial charge is 0.288 e. The lowest BCUT2D eigenvalue weighted by Gasteiger charge is -2.18. The first-order chi connectivity index (χ1) is 17.8. The maximum atomic E-state index is 14.3. The van der Waals surface area contributed by atoms with Crippen LogP contribution in [0, 0.1) is 21.7 Å². The molecule has 2 heterocycles. The molecule has 1 aliphatic rings. The van der Waals surface area contributed by atoms with E-state index in [4.69, 9.17) is 16.3 Å². The molecule has 1 N–H and O–H groups in total. The van der Waals surface area contributed by atoms with Crippen molar-refractivity contribution in [3.8, 4) is 17.0 Å². The second-order valence-electron chi connectivity index (χ2n) is 7.68. The SMILES string of the molecule is O=C1COc2ccc(-c3csc(=Nc4ccc(F)cc4F)n3N=Cc3ccc(Cl)c([N+](=O)[O-])c3)cc2N1. The fraction of sp³-hybridized carbons (Fsp3) is 0.0417. The number of nitro groups is 1. The van der Waals surface area contributed by atoms with Gasteiger partial charge in [0.05, 0.1) is 22.5 Å². The maximum Gasteiger partial charge on any atom is 0.288 e. The number of hydrogen-bond donors (Lipinski definition) is 1.